The lowest BCUT2D eigenvalue weighted by Gasteiger charge is -2.37. The van der Waals surface area contributed by atoms with Crippen LogP contribution < -0.4 is 9.64 Å². The molecule has 2 heterocycles. The van der Waals surface area contributed by atoms with Crippen LogP contribution in [0.1, 0.15) is 49.8 Å². The fourth-order valence-electron chi connectivity index (χ4n) is 5.40. The van der Waals surface area contributed by atoms with Gasteiger partial charge in [0.1, 0.15) is 5.75 Å². The standard InChI is InChI=1S/C32H37N3O2/c1-32(2,3)24-15-13-23(14-16-24)26(27-22-33-28-10-6-5-9-25(27)28)21-31(36)35-19-17-34(18-20-35)29-11-7-8-12-30(29)37-4/h5-16,22,26,33H,17-21H2,1-4H3. The number of amides is 1. The number of benzene rings is 3. The number of carbonyl (C=O) groups is 1. The first-order chi connectivity index (χ1) is 17.8. The van der Waals surface area contributed by atoms with Crippen LogP contribution in [-0.4, -0.2) is 49.1 Å². The molecule has 1 atom stereocenters. The predicted molar refractivity (Wildman–Crippen MR) is 152 cm³/mol. The van der Waals surface area contributed by atoms with Crippen molar-refractivity contribution in [3.63, 3.8) is 0 Å². The van der Waals surface area contributed by atoms with E-state index in [1.807, 2.05) is 29.2 Å². The molecule has 0 aliphatic carbocycles. The lowest BCUT2D eigenvalue weighted by Crippen LogP contribution is -2.49. The van der Waals surface area contributed by atoms with Crippen molar-refractivity contribution in [2.45, 2.75) is 38.5 Å². The summed E-state index contributed by atoms with van der Waals surface area (Å²) in [5.41, 5.74) is 5.94. The van der Waals surface area contributed by atoms with Crippen LogP contribution >= 0.6 is 0 Å². The van der Waals surface area contributed by atoms with Gasteiger partial charge >= 0.3 is 0 Å². The number of fused-ring (bicyclic) bond motifs is 1. The van der Waals surface area contributed by atoms with E-state index in [2.05, 4.69) is 85.4 Å². The van der Waals surface area contributed by atoms with Crippen molar-refractivity contribution in [3.8, 4) is 5.75 Å². The normalized spacial score (nSPS) is 15.1. The molecule has 1 N–H and O–H groups in total. The highest BCUT2D eigenvalue weighted by atomic mass is 16.5. The molecule has 1 unspecified atom stereocenters. The van der Waals surface area contributed by atoms with Gasteiger partial charge in [0.2, 0.25) is 5.91 Å². The molecule has 192 valence electrons. The number of anilines is 1. The van der Waals surface area contributed by atoms with Crippen molar-refractivity contribution < 1.29 is 9.53 Å². The van der Waals surface area contributed by atoms with E-state index in [-0.39, 0.29) is 17.2 Å². The smallest absolute Gasteiger partial charge is 0.223 e. The third-order valence-corrected chi connectivity index (χ3v) is 7.61. The third-order valence-electron chi connectivity index (χ3n) is 7.61. The van der Waals surface area contributed by atoms with Gasteiger partial charge in [0.25, 0.3) is 0 Å². The van der Waals surface area contributed by atoms with E-state index >= 15 is 0 Å². The predicted octanol–water partition coefficient (Wildman–Crippen LogP) is 6.34. The van der Waals surface area contributed by atoms with Crippen LogP contribution in [0.4, 0.5) is 5.69 Å². The summed E-state index contributed by atoms with van der Waals surface area (Å²) >= 11 is 0. The van der Waals surface area contributed by atoms with Crippen molar-refractivity contribution >= 4 is 22.5 Å². The molecule has 1 amide bonds. The van der Waals surface area contributed by atoms with Crippen LogP contribution in [0.3, 0.4) is 0 Å². The molecule has 5 nitrogen and oxygen atoms in total. The molecule has 0 spiro atoms. The number of nitrogens with one attached hydrogen (secondary N) is 1. The van der Waals surface area contributed by atoms with E-state index in [0.29, 0.717) is 19.5 Å². The number of aromatic nitrogens is 1. The number of carbonyl (C=O) groups excluding carboxylic acids is 1. The Bertz CT molecular complexity index is 1360. The molecule has 1 aromatic heterocycles. The van der Waals surface area contributed by atoms with Gasteiger partial charge in [-0.1, -0.05) is 75.4 Å². The minimum atomic E-state index is -0.00934. The number of rotatable bonds is 6. The maximum atomic E-state index is 13.7. The van der Waals surface area contributed by atoms with Crippen molar-refractivity contribution in [3.05, 3.63) is 95.7 Å². The van der Waals surface area contributed by atoms with Gasteiger partial charge in [0.15, 0.2) is 0 Å². The molecule has 1 fully saturated rings. The molecule has 0 saturated carbocycles. The summed E-state index contributed by atoms with van der Waals surface area (Å²) in [6.45, 7) is 9.70. The van der Waals surface area contributed by atoms with Crippen LogP contribution in [0.25, 0.3) is 10.9 Å². The van der Waals surface area contributed by atoms with E-state index in [0.717, 1.165) is 30.0 Å². The van der Waals surface area contributed by atoms with E-state index in [1.54, 1.807) is 7.11 Å². The highest BCUT2D eigenvalue weighted by molar-refractivity contribution is 5.86. The van der Waals surface area contributed by atoms with Crippen molar-refractivity contribution in [1.82, 2.24) is 9.88 Å². The second-order valence-electron chi connectivity index (χ2n) is 11.0. The summed E-state index contributed by atoms with van der Waals surface area (Å²) in [4.78, 5) is 21.4. The maximum absolute atomic E-state index is 13.7. The lowest BCUT2D eigenvalue weighted by atomic mass is 9.83. The fourth-order valence-corrected chi connectivity index (χ4v) is 5.40. The molecule has 5 rings (SSSR count). The zero-order valence-corrected chi connectivity index (χ0v) is 22.3. The van der Waals surface area contributed by atoms with Crippen molar-refractivity contribution in [2.24, 2.45) is 0 Å². The second-order valence-corrected chi connectivity index (χ2v) is 11.0. The molecule has 0 bridgehead atoms. The summed E-state index contributed by atoms with van der Waals surface area (Å²) < 4.78 is 5.56. The Hall–Kier alpha value is -3.73. The quantitative estimate of drug-likeness (QED) is 0.339. The first kappa shape index (κ1) is 24.9. The van der Waals surface area contributed by atoms with Gasteiger partial charge in [0, 0.05) is 55.6 Å². The number of hydrogen-bond donors (Lipinski definition) is 1. The number of nitrogens with zero attached hydrogens (tertiary/aromatic N) is 2. The van der Waals surface area contributed by atoms with Crippen LogP contribution in [0.2, 0.25) is 0 Å². The molecule has 0 radical (unpaired) electrons. The Morgan fingerprint density at radius 3 is 2.30 bits per heavy atom. The molecule has 37 heavy (non-hydrogen) atoms. The summed E-state index contributed by atoms with van der Waals surface area (Å²) in [6.07, 6.45) is 2.53. The lowest BCUT2D eigenvalue weighted by molar-refractivity contribution is -0.131. The molecular weight excluding hydrogens is 458 g/mol. The van der Waals surface area contributed by atoms with E-state index < -0.39 is 0 Å². The number of para-hydroxylation sites is 3. The monoisotopic (exact) mass is 495 g/mol. The van der Waals surface area contributed by atoms with Crippen molar-refractivity contribution in [1.29, 1.82) is 0 Å². The van der Waals surface area contributed by atoms with E-state index in [9.17, 15) is 4.79 Å². The molecule has 3 aromatic carbocycles. The highest BCUT2D eigenvalue weighted by Crippen LogP contribution is 2.35. The van der Waals surface area contributed by atoms with Crippen molar-refractivity contribution in [2.75, 3.05) is 38.2 Å². The Balaban J connectivity index is 1.37. The zero-order chi connectivity index (χ0) is 26.0. The Morgan fingerprint density at radius 1 is 0.919 bits per heavy atom. The van der Waals surface area contributed by atoms with Crippen LogP contribution in [0, 0.1) is 0 Å². The largest absolute Gasteiger partial charge is 0.495 e. The number of aromatic amines is 1. The molecule has 1 saturated heterocycles. The molecular formula is C32H37N3O2. The Kier molecular flexibility index (Phi) is 6.96. The summed E-state index contributed by atoms with van der Waals surface area (Å²) in [7, 11) is 1.71. The molecule has 5 heteroatoms. The minimum absolute atomic E-state index is 0.00934. The average Bonchev–Trinajstić information content (AvgIpc) is 3.35. The van der Waals surface area contributed by atoms with Crippen LogP contribution in [-0.2, 0) is 10.2 Å². The number of methoxy groups -OCH3 is 1. The number of hydrogen-bond acceptors (Lipinski definition) is 3. The highest BCUT2D eigenvalue weighted by Gasteiger charge is 2.28. The molecule has 1 aliphatic heterocycles. The Morgan fingerprint density at radius 2 is 1.59 bits per heavy atom. The minimum Gasteiger partial charge on any atom is -0.495 e. The van der Waals surface area contributed by atoms with Crippen LogP contribution in [0.15, 0.2) is 79.0 Å². The average molecular weight is 496 g/mol. The van der Waals surface area contributed by atoms with Gasteiger partial charge < -0.3 is 19.5 Å². The summed E-state index contributed by atoms with van der Waals surface area (Å²) in [6, 6.07) is 25.3. The zero-order valence-electron chi connectivity index (χ0n) is 22.3. The second kappa shape index (κ2) is 10.3. The Labute approximate surface area is 220 Å². The summed E-state index contributed by atoms with van der Waals surface area (Å²) in [5, 5.41) is 1.18. The van der Waals surface area contributed by atoms with Gasteiger partial charge in [-0.2, -0.15) is 0 Å². The number of piperazine rings is 1. The topological polar surface area (TPSA) is 48.6 Å². The van der Waals surface area contributed by atoms with Gasteiger partial charge in [-0.15, -0.1) is 0 Å². The molecule has 1 aliphatic rings. The van der Waals surface area contributed by atoms with E-state index in [1.165, 1.54) is 22.1 Å². The maximum Gasteiger partial charge on any atom is 0.223 e. The van der Waals surface area contributed by atoms with Gasteiger partial charge in [-0.25, -0.2) is 0 Å². The third kappa shape index (κ3) is 5.22. The number of H-pyrrole nitrogens is 1. The SMILES string of the molecule is COc1ccccc1N1CCN(C(=O)CC(c2ccc(C(C)(C)C)cc2)c2c[nH]c3ccccc23)CC1. The summed E-state index contributed by atoms with van der Waals surface area (Å²) in [5.74, 6) is 1.07. The number of ether oxygens (including phenoxy) is 1. The van der Waals surface area contributed by atoms with Crippen LogP contribution in [0.5, 0.6) is 5.75 Å². The molecule has 4 aromatic rings. The van der Waals surface area contributed by atoms with Gasteiger partial charge in [-0.05, 0) is 40.3 Å². The van der Waals surface area contributed by atoms with Gasteiger partial charge in [0.05, 0.1) is 12.8 Å². The fraction of sp³-hybridized carbons (Fsp3) is 0.344. The van der Waals surface area contributed by atoms with E-state index in [4.69, 9.17) is 4.74 Å². The first-order valence-electron chi connectivity index (χ1n) is 13.2. The van der Waals surface area contributed by atoms with Gasteiger partial charge in [-0.3, -0.25) is 4.79 Å². The first-order valence-corrected chi connectivity index (χ1v) is 13.2.